The monoisotopic (exact) mass is 466 g/mol. The van der Waals surface area contributed by atoms with Crippen molar-refractivity contribution in [2.75, 3.05) is 5.32 Å². The van der Waals surface area contributed by atoms with Crippen LogP contribution in [-0.2, 0) is 6.54 Å². The number of carbonyl (C=O) groups is 1. The molecule has 0 aromatic heterocycles. The van der Waals surface area contributed by atoms with E-state index in [1.165, 1.54) is 12.1 Å². The first kappa shape index (κ1) is 17.7. The molecule has 0 atom stereocenters. The van der Waals surface area contributed by atoms with Gasteiger partial charge >= 0.3 is 6.03 Å². The van der Waals surface area contributed by atoms with Gasteiger partial charge in [0.05, 0.1) is 5.69 Å². The lowest BCUT2D eigenvalue weighted by atomic mass is 10.1. The maximum absolute atomic E-state index is 13.2. The van der Waals surface area contributed by atoms with Crippen LogP contribution in [0.25, 0.3) is 10.8 Å². The Morgan fingerprint density at radius 2 is 1.84 bits per heavy atom. The predicted octanol–water partition coefficient (Wildman–Crippen LogP) is 5.53. The second kappa shape index (κ2) is 7.41. The van der Waals surface area contributed by atoms with Crippen LogP contribution in [0.4, 0.5) is 14.9 Å². The highest BCUT2D eigenvalue weighted by atomic mass is 79.9. The van der Waals surface area contributed by atoms with Crippen molar-refractivity contribution in [1.82, 2.24) is 5.32 Å². The normalized spacial score (nSPS) is 10.7. The largest absolute Gasteiger partial charge is 0.508 e. The summed E-state index contributed by atoms with van der Waals surface area (Å²) in [5.74, 6) is -0.252. The molecule has 0 saturated heterocycles. The van der Waals surface area contributed by atoms with E-state index in [0.717, 1.165) is 9.86 Å². The first-order valence-electron chi connectivity index (χ1n) is 7.34. The van der Waals surface area contributed by atoms with Gasteiger partial charge in [-0.15, -0.1) is 0 Å². The smallest absolute Gasteiger partial charge is 0.319 e. The van der Waals surface area contributed by atoms with Gasteiger partial charge in [-0.2, -0.15) is 0 Å². The minimum Gasteiger partial charge on any atom is -0.508 e. The molecule has 0 aliphatic carbocycles. The molecule has 3 aromatic rings. The van der Waals surface area contributed by atoms with Crippen molar-refractivity contribution in [2.24, 2.45) is 0 Å². The van der Waals surface area contributed by atoms with Crippen LogP contribution in [0.3, 0.4) is 0 Å². The summed E-state index contributed by atoms with van der Waals surface area (Å²) < 4.78 is 14.7. The zero-order valence-corrected chi connectivity index (χ0v) is 16.0. The minimum absolute atomic E-state index is 0.0979. The summed E-state index contributed by atoms with van der Waals surface area (Å²) in [4.78, 5) is 12.2. The molecular weight excluding hydrogens is 455 g/mol. The first-order chi connectivity index (χ1) is 11.9. The lowest BCUT2D eigenvalue weighted by molar-refractivity contribution is 0.251. The average molecular weight is 468 g/mol. The number of benzene rings is 3. The van der Waals surface area contributed by atoms with Crippen molar-refractivity contribution < 1.29 is 14.3 Å². The van der Waals surface area contributed by atoms with Crippen LogP contribution < -0.4 is 10.6 Å². The van der Waals surface area contributed by atoms with Crippen LogP contribution in [-0.4, -0.2) is 11.1 Å². The quantitative estimate of drug-likeness (QED) is 0.474. The zero-order valence-electron chi connectivity index (χ0n) is 12.8. The molecule has 0 aliphatic heterocycles. The number of halogens is 3. The maximum Gasteiger partial charge on any atom is 0.319 e. The molecule has 0 aliphatic rings. The van der Waals surface area contributed by atoms with Crippen molar-refractivity contribution in [1.29, 1.82) is 0 Å². The number of phenolic OH excluding ortho intramolecular Hbond substituents is 1. The van der Waals surface area contributed by atoms with Crippen molar-refractivity contribution >= 4 is 54.4 Å². The molecule has 0 bridgehead atoms. The van der Waals surface area contributed by atoms with Crippen molar-refractivity contribution in [3.63, 3.8) is 0 Å². The number of carbonyl (C=O) groups excluding carboxylic acids is 1. The van der Waals surface area contributed by atoms with Gasteiger partial charge in [0, 0.05) is 20.9 Å². The third-order valence-electron chi connectivity index (χ3n) is 3.60. The third kappa shape index (κ3) is 4.11. The fourth-order valence-corrected chi connectivity index (χ4v) is 3.87. The van der Waals surface area contributed by atoms with Gasteiger partial charge in [0.15, 0.2) is 0 Å². The van der Waals surface area contributed by atoms with Crippen LogP contribution in [0.5, 0.6) is 5.75 Å². The third-order valence-corrected chi connectivity index (χ3v) is 4.88. The van der Waals surface area contributed by atoms with E-state index in [-0.39, 0.29) is 18.1 Å². The standard InChI is InChI=1S/C18H13Br2FN2O2/c19-15-8-16(20)17(14-7-12(24)4-5-13(14)15)23-18(25)22-9-10-2-1-3-11(21)6-10/h1-8,24H,9H2,(H2,22,23,25). The molecular formula is C18H13Br2FN2O2. The molecule has 25 heavy (non-hydrogen) atoms. The summed E-state index contributed by atoms with van der Waals surface area (Å²) in [7, 11) is 0. The highest BCUT2D eigenvalue weighted by molar-refractivity contribution is 9.11. The zero-order chi connectivity index (χ0) is 18.0. The highest BCUT2D eigenvalue weighted by Crippen LogP contribution is 2.38. The summed E-state index contributed by atoms with van der Waals surface area (Å²) in [6.07, 6.45) is 0. The lowest BCUT2D eigenvalue weighted by Gasteiger charge is -2.14. The van der Waals surface area contributed by atoms with Gasteiger partial charge in [0.1, 0.15) is 11.6 Å². The van der Waals surface area contributed by atoms with Gasteiger partial charge in [-0.3, -0.25) is 0 Å². The summed E-state index contributed by atoms with van der Waals surface area (Å²) in [5.41, 5.74) is 1.19. The predicted molar refractivity (Wildman–Crippen MR) is 103 cm³/mol. The number of rotatable bonds is 3. The van der Waals surface area contributed by atoms with E-state index in [2.05, 4.69) is 42.5 Å². The number of anilines is 1. The molecule has 2 amide bonds. The van der Waals surface area contributed by atoms with Crippen LogP contribution in [0.2, 0.25) is 0 Å². The Kier molecular flexibility index (Phi) is 5.24. The van der Waals surface area contributed by atoms with Crippen LogP contribution in [0.1, 0.15) is 5.56 Å². The molecule has 128 valence electrons. The topological polar surface area (TPSA) is 61.4 Å². The number of nitrogens with one attached hydrogen (secondary N) is 2. The molecule has 0 saturated carbocycles. The number of urea groups is 1. The van der Waals surface area contributed by atoms with E-state index in [0.29, 0.717) is 21.1 Å². The van der Waals surface area contributed by atoms with Gasteiger partial charge in [-0.1, -0.05) is 28.1 Å². The number of phenols is 1. The van der Waals surface area contributed by atoms with Gasteiger partial charge in [0.2, 0.25) is 0 Å². The fourth-order valence-electron chi connectivity index (χ4n) is 2.45. The Balaban J connectivity index is 1.82. The second-order valence-electron chi connectivity index (χ2n) is 5.38. The van der Waals surface area contributed by atoms with E-state index < -0.39 is 6.03 Å². The second-order valence-corrected chi connectivity index (χ2v) is 7.09. The number of amides is 2. The van der Waals surface area contributed by atoms with Gasteiger partial charge < -0.3 is 15.7 Å². The van der Waals surface area contributed by atoms with Crippen molar-refractivity contribution in [2.45, 2.75) is 6.54 Å². The van der Waals surface area contributed by atoms with E-state index in [1.54, 1.807) is 30.3 Å². The molecule has 7 heteroatoms. The number of aromatic hydroxyl groups is 1. The fraction of sp³-hybridized carbons (Fsp3) is 0.0556. The van der Waals surface area contributed by atoms with Crippen LogP contribution in [0.15, 0.2) is 57.5 Å². The van der Waals surface area contributed by atoms with E-state index in [9.17, 15) is 14.3 Å². The number of hydrogen-bond donors (Lipinski definition) is 3. The van der Waals surface area contributed by atoms with E-state index in [4.69, 9.17) is 0 Å². The molecule has 4 nitrogen and oxygen atoms in total. The summed E-state index contributed by atoms with van der Waals surface area (Å²) in [5, 5.41) is 16.7. The molecule has 0 radical (unpaired) electrons. The van der Waals surface area contributed by atoms with Crippen LogP contribution in [0, 0.1) is 5.82 Å². The Labute approximate surface area is 160 Å². The Bertz CT molecular complexity index is 963. The lowest BCUT2D eigenvalue weighted by Crippen LogP contribution is -2.28. The van der Waals surface area contributed by atoms with E-state index >= 15 is 0 Å². The van der Waals surface area contributed by atoms with Gasteiger partial charge in [0.25, 0.3) is 0 Å². The maximum atomic E-state index is 13.2. The molecule has 3 N–H and O–H groups in total. The minimum atomic E-state index is -0.433. The SMILES string of the molecule is O=C(NCc1cccc(F)c1)Nc1c(Br)cc(Br)c2ccc(O)cc12. The summed E-state index contributed by atoms with van der Waals surface area (Å²) in [6.45, 7) is 0.195. The molecule has 3 rings (SSSR count). The Morgan fingerprint density at radius 1 is 1.04 bits per heavy atom. The molecule has 0 heterocycles. The summed E-state index contributed by atoms with van der Waals surface area (Å²) >= 11 is 6.89. The Morgan fingerprint density at radius 3 is 2.60 bits per heavy atom. The van der Waals surface area contributed by atoms with Gasteiger partial charge in [-0.25, -0.2) is 9.18 Å². The van der Waals surface area contributed by atoms with Crippen LogP contribution >= 0.6 is 31.9 Å². The first-order valence-corrected chi connectivity index (χ1v) is 8.92. The molecule has 0 spiro atoms. The number of hydrogen-bond acceptors (Lipinski definition) is 2. The Hall–Kier alpha value is -2.12. The van der Waals surface area contributed by atoms with Crippen molar-refractivity contribution in [3.05, 3.63) is 68.9 Å². The molecule has 3 aromatic carbocycles. The molecule has 0 unspecified atom stereocenters. The van der Waals surface area contributed by atoms with Gasteiger partial charge in [-0.05, 0) is 63.3 Å². The van der Waals surface area contributed by atoms with Crippen molar-refractivity contribution in [3.8, 4) is 5.75 Å². The highest BCUT2D eigenvalue weighted by Gasteiger charge is 2.13. The van der Waals surface area contributed by atoms with E-state index in [1.807, 2.05) is 6.07 Å². The summed E-state index contributed by atoms with van der Waals surface area (Å²) in [6, 6.07) is 12.3. The average Bonchev–Trinajstić information content (AvgIpc) is 2.56. The number of fused-ring (bicyclic) bond motifs is 1. The molecule has 0 fully saturated rings.